The summed E-state index contributed by atoms with van der Waals surface area (Å²) >= 11 is 0. The Labute approximate surface area is 143 Å². The van der Waals surface area contributed by atoms with Crippen LogP contribution in [0.2, 0.25) is 0 Å². The molecule has 4 fully saturated rings. The SMILES string of the molecule is C=C1CCC2C3(C)COC3CCC2(C)C1CC=C1C(=O)OCC1O. The van der Waals surface area contributed by atoms with Gasteiger partial charge in [-0.15, -0.1) is 0 Å². The normalized spacial score (nSPS) is 49.4. The number of hydrogen-bond acceptors (Lipinski definition) is 4. The number of fused-ring (bicyclic) bond motifs is 3. The van der Waals surface area contributed by atoms with E-state index in [-0.39, 0.29) is 18.0 Å². The van der Waals surface area contributed by atoms with Gasteiger partial charge in [-0.25, -0.2) is 4.79 Å². The Kier molecular flexibility index (Phi) is 3.70. The second kappa shape index (κ2) is 5.43. The maximum absolute atomic E-state index is 11.8. The number of carbonyl (C=O) groups is 1. The predicted molar refractivity (Wildman–Crippen MR) is 90.2 cm³/mol. The molecular formula is C20H28O4. The number of rotatable bonds is 2. The average Bonchev–Trinajstić information content (AvgIpc) is 2.83. The van der Waals surface area contributed by atoms with E-state index < -0.39 is 6.10 Å². The fourth-order valence-electron chi connectivity index (χ4n) is 5.98. The van der Waals surface area contributed by atoms with Crippen LogP contribution >= 0.6 is 0 Å². The number of esters is 1. The van der Waals surface area contributed by atoms with E-state index in [0.29, 0.717) is 28.9 Å². The molecule has 0 bridgehead atoms. The summed E-state index contributed by atoms with van der Waals surface area (Å²) in [7, 11) is 0. The first kappa shape index (κ1) is 16.3. The van der Waals surface area contributed by atoms with Gasteiger partial charge in [-0.1, -0.05) is 32.1 Å². The summed E-state index contributed by atoms with van der Waals surface area (Å²) < 4.78 is 10.8. The van der Waals surface area contributed by atoms with Gasteiger partial charge in [0.15, 0.2) is 0 Å². The molecule has 0 spiro atoms. The number of aliphatic hydroxyl groups excluding tert-OH is 1. The molecule has 2 saturated heterocycles. The van der Waals surface area contributed by atoms with Crippen LogP contribution in [0.5, 0.6) is 0 Å². The van der Waals surface area contributed by atoms with E-state index in [1.165, 1.54) is 12.0 Å². The van der Waals surface area contributed by atoms with Gasteiger partial charge in [0.2, 0.25) is 0 Å². The molecule has 132 valence electrons. The number of ether oxygens (including phenoxy) is 2. The summed E-state index contributed by atoms with van der Waals surface area (Å²) in [6.07, 6.45) is 6.86. The molecular weight excluding hydrogens is 304 g/mol. The fourth-order valence-corrected chi connectivity index (χ4v) is 5.98. The molecule has 0 aromatic heterocycles. The quantitative estimate of drug-likeness (QED) is 0.480. The lowest BCUT2D eigenvalue weighted by atomic mass is 9.45. The molecule has 2 heterocycles. The highest BCUT2D eigenvalue weighted by Crippen LogP contribution is 2.64. The topological polar surface area (TPSA) is 55.8 Å². The zero-order valence-electron chi connectivity index (χ0n) is 14.7. The van der Waals surface area contributed by atoms with Crippen LogP contribution in [0.15, 0.2) is 23.8 Å². The lowest BCUT2D eigenvalue weighted by Crippen LogP contribution is -2.64. The maximum Gasteiger partial charge on any atom is 0.336 e. The summed E-state index contributed by atoms with van der Waals surface area (Å²) in [4.78, 5) is 11.8. The van der Waals surface area contributed by atoms with Crippen molar-refractivity contribution in [2.45, 2.75) is 58.2 Å². The smallest absolute Gasteiger partial charge is 0.336 e. The highest BCUT2D eigenvalue weighted by molar-refractivity contribution is 5.91. The number of cyclic esters (lactones) is 1. The summed E-state index contributed by atoms with van der Waals surface area (Å²) in [5.74, 6) is 0.642. The molecule has 1 N–H and O–H groups in total. The van der Waals surface area contributed by atoms with Crippen LogP contribution < -0.4 is 0 Å². The number of allylic oxidation sites excluding steroid dienone is 2. The van der Waals surface area contributed by atoms with Crippen molar-refractivity contribution in [1.82, 2.24) is 0 Å². The van der Waals surface area contributed by atoms with E-state index in [1.807, 2.05) is 6.08 Å². The van der Waals surface area contributed by atoms with Crippen molar-refractivity contribution in [3.05, 3.63) is 23.8 Å². The van der Waals surface area contributed by atoms with Gasteiger partial charge in [0.05, 0.1) is 18.3 Å². The van der Waals surface area contributed by atoms with Crippen LogP contribution in [0.4, 0.5) is 0 Å². The molecule has 2 saturated carbocycles. The number of aliphatic hydroxyl groups is 1. The maximum atomic E-state index is 11.8. The number of hydrogen-bond donors (Lipinski definition) is 1. The third-order valence-corrected chi connectivity index (χ3v) is 7.45. The van der Waals surface area contributed by atoms with Crippen LogP contribution in [0.25, 0.3) is 0 Å². The highest BCUT2D eigenvalue weighted by atomic mass is 16.6. The minimum Gasteiger partial charge on any atom is -0.459 e. The van der Waals surface area contributed by atoms with E-state index in [9.17, 15) is 9.90 Å². The first-order valence-electron chi connectivity index (χ1n) is 9.21. The molecule has 0 aromatic carbocycles. The van der Waals surface area contributed by atoms with Crippen LogP contribution in [0, 0.1) is 22.7 Å². The summed E-state index contributed by atoms with van der Waals surface area (Å²) in [6, 6.07) is 0. The predicted octanol–water partition coefficient (Wildman–Crippen LogP) is 3.01. The first-order chi connectivity index (χ1) is 11.4. The Bertz CT molecular complexity index is 609. The van der Waals surface area contributed by atoms with Gasteiger partial charge in [-0.3, -0.25) is 0 Å². The largest absolute Gasteiger partial charge is 0.459 e. The lowest BCUT2D eigenvalue weighted by molar-refractivity contribution is -0.262. The number of carbonyl (C=O) groups excluding carboxylic acids is 1. The molecule has 4 nitrogen and oxygen atoms in total. The second-order valence-electron chi connectivity index (χ2n) is 8.66. The molecule has 0 amide bonds. The summed E-state index contributed by atoms with van der Waals surface area (Å²) in [6.45, 7) is 10.1. The van der Waals surface area contributed by atoms with Gasteiger partial charge in [0.25, 0.3) is 0 Å². The second-order valence-corrected chi connectivity index (χ2v) is 8.66. The zero-order chi connectivity index (χ0) is 17.1. The molecule has 4 aliphatic rings. The van der Waals surface area contributed by atoms with Gasteiger partial charge < -0.3 is 14.6 Å². The molecule has 4 rings (SSSR count). The molecule has 24 heavy (non-hydrogen) atoms. The first-order valence-corrected chi connectivity index (χ1v) is 9.21. The summed E-state index contributed by atoms with van der Waals surface area (Å²) in [5.41, 5.74) is 2.23. The lowest BCUT2D eigenvalue weighted by Gasteiger charge is -2.65. The Morgan fingerprint density at radius 1 is 1.33 bits per heavy atom. The van der Waals surface area contributed by atoms with Gasteiger partial charge >= 0.3 is 5.97 Å². The monoisotopic (exact) mass is 332 g/mol. The third kappa shape index (κ3) is 2.15. The van der Waals surface area contributed by atoms with Crippen molar-refractivity contribution >= 4 is 5.97 Å². The highest BCUT2D eigenvalue weighted by Gasteiger charge is 2.61. The van der Waals surface area contributed by atoms with Crippen molar-refractivity contribution in [2.24, 2.45) is 22.7 Å². The molecule has 6 unspecified atom stereocenters. The minimum atomic E-state index is -0.772. The van der Waals surface area contributed by atoms with Crippen molar-refractivity contribution in [1.29, 1.82) is 0 Å². The fraction of sp³-hybridized carbons (Fsp3) is 0.750. The Balaban J connectivity index is 1.60. The molecule has 2 aliphatic heterocycles. The average molecular weight is 332 g/mol. The Hall–Kier alpha value is -1.13. The molecule has 2 aliphatic carbocycles. The Morgan fingerprint density at radius 3 is 2.75 bits per heavy atom. The van der Waals surface area contributed by atoms with E-state index in [4.69, 9.17) is 9.47 Å². The van der Waals surface area contributed by atoms with Crippen molar-refractivity contribution in [3.8, 4) is 0 Å². The molecule has 0 aromatic rings. The van der Waals surface area contributed by atoms with Crippen molar-refractivity contribution in [3.63, 3.8) is 0 Å². The van der Waals surface area contributed by atoms with Gasteiger partial charge in [0, 0.05) is 5.41 Å². The van der Waals surface area contributed by atoms with E-state index in [0.717, 1.165) is 32.3 Å². The molecule has 6 atom stereocenters. The molecule has 4 heteroatoms. The van der Waals surface area contributed by atoms with Gasteiger partial charge in [-0.05, 0) is 49.4 Å². The van der Waals surface area contributed by atoms with Gasteiger partial charge in [0.1, 0.15) is 12.7 Å². The van der Waals surface area contributed by atoms with E-state index in [2.05, 4.69) is 20.4 Å². The standard InChI is InChI=1S/C20H28O4/c1-12-4-7-16-19(2,9-8-17-20(16,3)11-24-17)14(12)6-5-13-15(21)10-23-18(13)22/h5,14-17,21H,1,4,6-11H2,2-3H3. The van der Waals surface area contributed by atoms with Gasteiger partial charge in [-0.2, -0.15) is 0 Å². The van der Waals surface area contributed by atoms with Crippen molar-refractivity contribution < 1.29 is 19.4 Å². The summed E-state index contributed by atoms with van der Waals surface area (Å²) in [5, 5.41) is 9.93. The van der Waals surface area contributed by atoms with Crippen LogP contribution in [-0.4, -0.2) is 36.5 Å². The van der Waals surface area contributed by atoms with Crippen molar-refractivity contribution in [2.75, 3.05) is 13.2 Å². The van der Waals surface area contributed by atoms with Crippen LogP contribution in [0.3, 0.4) is 0 Å². The zero-order valence-corrected chi connectivity index (χ0v) is 14.7. The van der Waals surface area contributed by atoms with Crippen LogP contribution in [0.1, 0.15) is 46.0 Å². The molecule has 0 radical (unpaired) electrons. The Morgan fingerprint density at radius 2 is 2.12 bits per heavy atom. The van der Waals surface area contributed by atoms with E-state index >= 15 is 0 Å². The van der Waals surface area contributed by atoms with E-state index in [1.54, 1.807) is 0 Å². The third-order valence-electron chi connectivity index (χ3n) is 7.45. The minimum absolute atomic E-state index is 0.0905. The van der Waals surface area contributed by atoms with Crippen LogP contribution in [-0.2, 0) is 14.3 Å².